The maximum absolute atomic E-state index is 12.2. The first-order chi connectivity index (χ1) is 8.61. The molecule has 92 valence electrons. The normalized spacial score (nSPS) is 13.9. The third-order valence-corrected chi connectivity index (χ3v) is 4.43. The lowest BCUT2D eigenvalue weighted by atomic mass is 10.2. The van der Waals surface area contributed by atoms with Crippen molar-refractivity contribution in [1.29, 1.82) is 0 Å². The van der Waals surface area contributed by atoms with Gasteiger partial charge in [-0.25, -0.2) is 4.79 Å². The molecule has 0 fully saturated rings. The van der Waals surface area contributed by atoms with E-state index in [2.05, 4.69) is 6.08 Å². The van der Waals surface area contributed by atoms with E-state index in [0.717, 1.165) is 26.3 Å². The van der Waals surface area contributed by atoms with Crippen LogP contribution in [0, 0.1) is 0 Å². The van der Waals surface area contributed by atoms with Crippen LogP contribution in [0.15, 0.2) is 21.7 Å². The van der Waals surface area contributed by atoms with Gasteiger partial charge in [0.25, 0.3) is 5.56 Å². The fraction of sp³-hybridized carbons (Fsp3) is 0.231. The van der Waals surface area contributed by atoms with Gasteiger partial charge < -0.3 is 0 Å². The van der Waals surface area contributed by atoms with Crippen LogP contribution in [0.2, 0.25) is 0 Å². The van der Waals surface area contributed by atoms with Gasteiger partial charge in [0, 0.05) is 24.5 Å². The summed E-state index contributed by atoms with van der Waals surface area (Å²) in [6.07, 6.45) is 8.94. The Morgan fingerprint density at radius 1 is 1.11 bits per heavy atom. The molecule has 2 heterocycles. The third-order valence-electron chi connectivity index (χ3n) is 3.18. The second-order valence-electron chi connectivity index (χ2n) is 4.31. The van der Waals surface area contributed by atoms with Crippen LogP contribution in [-0.4, -0.2) is 9.13 Å². The van der Waals surface area contributed by atoms with Gasteiger partial charge in [-0.3, -0.25) is 13.9 Å². The molecule has 2 aromatic rings. The number of hydrogen-bond acceptors (Lipinski definition) is 3. The van der Waals surface area contributed by atoms with Crippen molar-refractivity contribution in [3.05, 3.63) is 43.4 Å². The predicted molar refractivity (Wildman–Crippen MR) is 75.0 cm³/mol. The maximum Gasteiger partial charge on any atom is 0.331 e. The number of fused-ring (bicyclic) bond motifs is 3. The van der Waals surface area contributed by atoms with Crippen molar-refractivity contribution in [3.8, 4) is 0 Å². The lowest BCUT2D eigenvalue weighted by Gasteiger charge is -2.03. The molecule has 0 saturated carbocycles. The summed E-state index contributed by atoms with van der Waals surface area (Å²) in [5, 5.41) is 0.641. The molecule has 0 unspecified atom stereocenters. The molecule has 0 bridgehead atoms. The van der Waals surface area contributed by atoms with E-state index in [-0.39, 0.29) is 11.2 Å². The fourth-order valence-electron chi connectivity index (χ4n) is 2.19. The molecule has 3 rings (SSSR count). The van der Waals surface area contributed by atoms with Gasteiger partial charge in [0.05, 0.1) is 5.39 Å². The highest BCUT2D eigenvalue weighted by Crippen LogP contribution is 2.31. The molecule has 0 saturated heterocycles. The second-order valence-corrected chi connectivity index (χ2v) is 5.34. The van der Waals surface area contributed by atoms with E-state index in [9.17, 15) is 9.59 Å². The van der Waals surface area contributed by atoms with Crippen molar-refractivity contribution in [1.82, 2.24) is 9.13 Å². The zero-order valence-electron chi connectivity index (χ0n) is 10.1. The van der Waals surface area contributed by atoms with E-state index in [0.29, 0.717) is 5.39 Å². The van der Waals surface area contributed by atoms with Crippen molar-refractivity contribution < 1.29 is 0 Å². The maximum atomic E-state index is 12.2. The monoisotopic (exact) mass is 260 g/mol. The Labute approximate surface area is 107 Å². The molecule has 0 atom stereocenters. The summed E-state index contributed by atoms with van der Waals surface area (Å²) in [4.78, 5) is 25.9. The molecule has 5 heteroatoms. The van der Waals surface area contributed by atoms with Crippen molar-refractivity contribution in [3.63, 3.8) is 0 Å². The highest BCUT2D eigenvalue weighted by atomic mass is 32.1. The van der Waals surface area contributed by atoms with E-state index < -0.39 is 0 Å². The number of allylic oxidation sites excluding steroid dienone is 2. The van der Waals surface area contributed by atoms with Crippen molar-refractivity contribution in [2.24, 2.45) is 14.1 Å². The van der Waals surface area contributed by atoms with Crippen molar-refractivity contribution >= 4 is 33.7 Å². The van der Waals surface area contributed by atoms with Gasteiger partial charge in [-0.1, -0.05) is 18.2 Å². The highest BCUT2D eigenvalue weighted by Gasteiger charge is 2.17. The Kier molecular flexibility index (Phi) is 2.38. The fourth-order valence-corrected chi connectivity index (χ4v) is 3.35. The van der Waals surface area contributed by atoms with Crippen LogP contribution in [0.4, 0.5) is 0 Å². The molecule has 4 nitrogen and oxygen atoms in total. The molecule has 2 aromatic heterocycles. The van der Waals surface area contributed by atoms with Crippen LogP contribution in [0.5, 0.6) is 0 Å². The summed E-state index contributed by atoms with van der Waals surface area (Å²) < 4.78 is 2.70. The number of aromatic nitrogens is 2. The standard InChI is InChI=1S/C13H12N2O2S/c1-14-11(16)10-8-6-4-3-5-7-9(8)18-12(10)15(2)13(14)17/h4-7H,3H2,1-2H3. The molecule has 1 aliphatic rings. The van der Waals surface area contributed by atoms with E-state index >= 15 is 0 Å². The number of nitrogens with zero attached hydrogens (tertiary/aromatic N) is 2. The van der Waals surface area contributed by atoms with Crippen molar-refractivity contribution in [2.45, 2.75) is 6.42 Å². The molecule has 0 aromatic carbocycles. The minimum atomic E-state index is -0.281. The summed E-state index contributed by atoms with van der Waals surface area (Å²) in [5.41, 5.74) is 0.433. The smallest absolute Gasteiger partial charge is 0.287 e. The zero-order valence-corrected chi connectivity index (χ0v) is 11.0. The lowest BCUT2D eigenvalue weighted by molar-refractivity contribution is 0.717. The van der Waals surface area contributed by atoms with Crippen LogP contribution in [0.3, 0.4) is 0 Å². The van der Waals surface area contributed by atoms with Crippen LogP contribution in [0.25, 0.3) is 22.4 Å². The molecule has 0 N–H and O–H groups in total. The summed E-state index contributed by atoms with van der Waals surface area (Å²) in [5.74, 6) is 0. The number of thiophene rings is 1. The van der Waals surface area contributed by atoms with Gasteiger partial charge in [0.1, 0.15) is 4.83 Å². The Bertz CT molecular complexity index is 818. The number of aryl methyl sites for hydroxylation is 1. The highest BCUT2D eigenvalue weighted by molar-refractivity contribution is 7.19. The summed E-state index contributed by atoms with van der Waals surface area (Å²) in [6.45, 7) is 0. The molecule has 0 spiro atoms. The molecule has 1 aliphatic carbocycles. The third kappa shape index (κ3) is 1.37. The summed E-state index contributed by atoms with van der Waals surface area (Å²) >= 11 is 1.49. The van der Waals surface area contributed by atoms with E-state index in [1.54, 1.807) is 7.05 Å². The van der Waals surface area contributed by atoms with Crippen LogP contribution in [-0.2, 0) is 14.1 Å². The molecule has 0 aliphatic heterocycles. The van der Waals surface area contributed by atoms with E-state index in [1.165, 1.54) is 23.0 Å². The Morgan fingerprint density at radius 2 is 1.83 bits per heavy atom. The SMILES string of the molecule is Cn1c(=O)c2c3c(sc2n(C)c1=O)C=CCC=C3. The quantitative estimate of drug-likeness (QED) is 0.724. The molecule has 0 amide bonds. The summed E-state index contributed by atoms with van der Waals surface area (Å²) in [7, 11) is 3.22. The second kappa shape index (κ2) is 3.81. The van der Waals surface area contributed by atoms with Gasteiger partial charge in [-0.2, -0.15) is 0 Å². The van der Waals surface area contributed by atoms with Crippen molar-refractivity contribution in [2.75, 3.05) is 0 Å². The first kappa shape index (κ1) is 11.2. The molecule has 0 radical (unpaired) electrons. The molecular weight excluding hydrogens is 248 g/mol. The van der Waals surface area contributed by atoms with Crippen LogP contribution in [0.1, 0.15) is 16.9 Å². The van der Waals surface area contributed by atoms with Crippen LogP contribution >= 0.6 is 11.3 Å². The topological polar surface area (TPSA) is 44.0 Å². The average Bonchev–Trinajstić information content (AvgIpc) is 2.57. The summed E-state index contributed by atoms with van der Waals surface area (Å²) in [6, 6.07) is 0. The Balaban J connectivity index is 2.61. The first-order valence-corrected chi connectivity index (χ1v) is 6.48. The van der Waals surface area contributed by atoms with Gasteiger partial charge in [-0.15, -0.1) is 11.3 Å². The van der Waals surface area contributed by atoms with E-state index in [4.69, 9.17) is 0 Å². The van der Waals surface area contributed by atoms with Crippen LogP contribution < -0.4 is 11.2 Å². The minimum Gasteiger partial charge on any atom is -0.287 e. The number of rotatable bonds is 0. The van der Waals surface area contributed by atoms with Gasteiger partial charge in [0.15, 0.2) is 0 Å². The van der Waals surface area contributed by atoms with E-state index in [1.807, 2.05) is 18.2 Å². The molecular formula is C13H12N2O2S. The lowest BCUT2D eigenvalue weighted by Crippen LogP contribution is -2.36. The van der Waals surface area contributed by atoms with Gasteiger partial charge in [0.2, 0.25) is 0 Å². The average molecular weight is 260 g/mol. The molecule has 18 heavy (non-hydrogen) atoms. The van der Waals surface area contributed by atoms with Gasteiger partial charge in [-0.05, 0) is 12.5 Å². The largest absolute Gasteiger partial charge is 0.331 e. The Hall–Kier alpha value is -1.88. The Morgan fingerprint density at radius 3 is 2.61 bits per heavy atom. The minimum absolute atomic E-state index is 0.217. The van der Waals surface area contributed by atoms with Gasteiger partial charge >= 0.3 is 5.69 Å². The zero-order chi connectivity index (χ0) is 12.9. The predicted octanol–water partition coefficient (Wildman–Crippen LogP) is 1.73. The number of hydrogen-bond donors (Lipinski definition) is 0. The first-order valence-electron chi connectivity index (χ1n) is 5.67.